The molecule has 106 valence electrons. The molecule has 1 aliphatic carbocycles. The SMILES string of the molecule is Cn1nc(-c2ccc(S(=O)(=O)C3CC3)c(Cl)c2)cc1N. The van der Waals surface area contributed by atoms with Crippen LogP contribution in [-0.4, -0.2) is 23.4 Å². The van der Waals surface area contributed by atoms with Gasteiger partial charge in [-0.15, -0.1) is 0 Å². The quantitative estimate of drug-likeness (QED) is 0.943. The van der Waals surface area contributed by atoms with Crippen LogP contribution in [0, 0.1) is 0 Å². The molecule has 2 N–H and O–H groups in total. The van der Waals surface area contributed by atoms with Gasteiger partial charge >= 0.3 is 0 Å². The minimum absolute atomic E-state index is 0.203. The van der Waals surface area contributed by atoms with E-state index < -0.39 is 9.84 Å². The summed E-state index contributed by atoms with van der Waals surface area (Å²) < 4.78 is 25.9. The highest BCUT2D eigenvalue weighted by Gasteiger charge is 2.38. The summed E-state index contributed by atoms with van der Waals surface area (Å²) in [5.74, 6) is 0.533. The monoisotopic (exact) mass is 311 g/mol. The Morgan fingerprint density at radius 1 is 1.35 bits per heavy atom. The van der Waals surface area contributed by atoms with Gasteiger partial charge in [-0.2, -0.15) is 5.10 Å². The predicted octanol–water partition coefficient (Wildman–Crippen LogP) is 2.26. The van der Waals surface area contributed by atoms with E-state index in [0.717, 1.165) is 18.4 Å². The first-order valence-corrected chi connectivity index (χ1v) is 8.15. The first-order chi connectivity index (χ1) is 9.39. The number of nitrogen functional groups attached to an aromatic ring is 1. The molecule has 0 spiro atoms. The van der Waals surface area contributed by atoms with E-state index in [9.17, 15) is 8.42 Å². The van der Waals surface area contributed by atoms with Crippen molar-refractivity contribution in [2.24, 2.45) is 7.05 Å². The van der Waals surface area contributed by atoms with Crippen LogP contribution < -0.4 is 5.73 Å². The fourth-order valence-electron chi connectivity index (χ4n) is 2.07. The van der Waals surface area contributed by atoms with Gasteiger partial charge in [0.05, 0.1) is 20.9 Å². The molecule has 2 aromatic rings. The molecule has 1 aliphatic rings. The van der Waals surface area contributed by atoms with Gasteiger partial charge in [0.1, 0.15) is 5.82 Å². The van der Waals surface area contributed by atoms with Gasteiger partial charge in [-0.05, 0) is 25.0 Å². The average molecular weight is 312 g/mol. The van der Waals surface area contributed by atoms with Gasteiger partial charge in [0, 0.05) is 18.7 Å². The van der Waals surface area contributed by atoms with E-state index in [1.54, 1.807) is 36.0 Å². The molecule has 1 aromatic carbocycles. The summed E-state index contributed by atoms with van der Waals surface area (Å²) in [6.45, 7) is 0. The lowest BCUT2D eigenvalue weighted by atomic mass is 10.1. The smallest absolute Gasteiger partial charge is 0.182 e. The number of hydrogen-bond donors (Lipinski definition) is 1. The molecule has 5 nitrogen and oxygen atoms in total. The van der Waals surface area contributed by atoms with Crippen LogP contribution in [0.3, 0.4) is 0 Å². The first-order valence-electron chi connectivity index (χ1n) is 6.23. The van der Waals surface area contributed by atoms with Gasteiger partial charge < -0.3 is 5.73 Å². The zero-order valence-corrected chi connectivity index (χ0v) is 12.4. The van der Waals surface area contributed by atoms with Crippen molar-refractivity contribution in [3.8, 4) is 11.3 Å². The summed E-state index contributed by atoms with van der Waals surface area (Å²) in [5.41, 5.74) is 7.15. The van der Waals surface area contributed by atoms with Crippen LogP contribution >= 0.6 is 11.6 Å². The second-order valence-corrected chi connectivity index (χ2v) is 7.57. The zero-order chi connectivity index (χ0) is 14.5. The lowest BCUT2D eigenvalue weighted by molar-refractivity contribution is 0.595. The van der Waals surface area contributed by atoms with Crippen LogP contribution in [0.1, 0.15) is 12.8 Å². The van der Waals surface area contributed by atoms with E-state index in [2.05, 4.69) is 5.10 Å². The molecule has 3 rings (SSSR count). The molecule has 0 radical (unpaired) electrons. The first kappa shape index (κ1) is 13.5. The third kappa shape index (κ3) is 2.19. The van der Waals surface area contributed by atoms with Crippen LogP contribution in [0.4, 0.5) is 5.82 Å². The Morgan fingerprint density at radius 2 is 2.05 bits per heavy atom. The molecule has 0 saturated heterocycles. The molecular weight excluding hydrogens is 298 g/mol. The highest BCUT2D eigenvalue weighted by atomic mass is 35.5. The number of benzene rings is 1. The maximum absolute atomic E-state index is 12.2. The number of nitrogens with zero attached hydrogens (tertiary/aromatic N) is 2. The Kier molecular flexibility index (Phi) is 3.02. The highest BCUT2D eigenvalue weighted by Crippen LogP contribution is 2.37. The maximum Gasteiger partial charge on any atom is 0.182 e. The molecule has 0 atom stereocenters. The Bertz CT molecular complexity index is 759. The van der Waals surface area contributed by atoms with Crippen molar-refractivity contribution in [3.05, 3.63) is 29.3 Å². The van der Waals surface area contributed by atoms with Crippen molar-refractivity contribution in [2.45, 2.75) is 23.0 Å². The Hall–Kier alpha value is -1.53. The zero-order valence-electron chi connectivity index (χ0n) is 10.9. The highest BCUT2D eigenvalue weighted by molar-refractivity contribution is 7.92. The van der Waals surface area contributed by atoms with Gasteiger partial charge in [0.2, 0.25) is 0 Å². The van der Waals surface area contributed by atoms with Crippen LogP contribution in [0.25, 0.3) is 11.3 Å². The molecule has 1 heterocycles. The van der Waals surface area contributed by atoms with E-state index in [0.29, 0.717) is 11.5 Å². The molecule has 0 unspecified atom stereocenters. The van der Waals surface area contributed by atoms with Crippen molar-refractivity contribution in [3.63, 3.8) is 0 Å². The standard InChI is InChI=1S/C13H14ClN3O2S/c1-17-13(15)7-11(16-17)8-2-5-12(10(14)6-8)20(18,19)9-3-4-9/h2,5-7,9H,3-4,15H2,1H3. The van der Waals surface area contributed by atoms with Crippen LogP contribution in [0.2, 0.25) is 5.02 Å². The average Bonchev–Trinajstić information content (AvgIpc) is 3.17. The topological polar surface area (TPSA) is 78.0 Å². The minimum Gasteiger partial charge on any atom is -0.384 e. The molecule has 1 aromatic heterocycles. The second-order valence-electron chi connectivity index (χ2n) is 4.97. The third-order valence-electron chi connectivity index (χ3n) is 3.41. The molecular formula is C13H14ClN3O2S. The molecule has 0 aliphatic heterocycles. The van der Waals surface area contributed by atoms with Crippen molar-refractivity contribution >= 4 is 27.3 Å². The summed E-state index contributed by atoms with van der Waals surface area (Å²) in [7, 11) is -1.54. The summed E-state index contributed by atoms with van der Waals surface area (Å²) in [5, 5.41) is 4.21. The van der Waals surface area contributed by atoms with E-state index in [1.165, 1.54) is 0 Å². The Labute approximate surface area is 122 Å². The van der Waals surface area contributed by atoms with Gasteiger partial charge in [-0.3, -0.25) is 4.68 Å². The third-order valence-corrected chi connectivity index (χ3v) is 6.16. The minimum atomic E-state index is -3.28. The summed E-state index contributed by atoms with van der Waals surface area (Å²) in [4.78, 5) is 0.203. The Balaban J connectivity index is 2.03. The van der Waals surface area contributed by atoms with Gasteiger partial charge in [0.15, 0.2) is 9.84 Å². The van der Waals surface area contributed by atoms with Crippen molar-refractivity contribution in [2.75, 3.05) is 5.73 Å². The number of anilines is 1. The van der Waals surface area contributed by atoms with Crippen LogP contribution in [0.5, 0.6) is 0 Å². The number of halogens is 1. The normalized spacial score (nSPS) is 15.5. The van der Waals surface area contributed by atoms with Crippen LogP contribution in [0.15, 0.2) is 29.2 Å². The second kappa shape index (κ2) is 4.49. The predicted molar refractivity (Wildman–Crippen MR) is 78.3 cm³/mol. The number of sulfone groups is 1. The van der Waals surface area contributed by atoms with Crippen molar-refractivity contribution in [1.82, 2.24) is 9.78 Å². The van der Waals surface area contributed by atoms with Gasteiger partial charge in [-0.1, -0.05) is 17.7 Å². The largest absolute Gasteiger partial charge is 0.384 e. The number of nitrogens with two attached hydrogens (primary N) is 1. The number of rotatable bonds is 3. The molecule has 7 heteroatoms. The van der Waals surface area contributed by atoms with E-state index in [1.807, 2.05) is 0 Å². The number of hydrogen-bond acceptors (Lipinski definition) is 4. The van der Waals surface area contributed by atoms with E-state index >= 15 is 0 Å². The maximum atomic E-state index is 12.2. The molecule has 0 bridgehead atoms. The summed E-state index contributed by atoms with van der Waals surface area (Å²) in [6, 6.07) is 6.61. The fraction of sp³-hybridized carbons (Fsp3) is 0.308. The van der Waals surface area contributed by atoms with Gasteiger partial charge in [-0.25, -0.2) is 8.42 Å². The Morgan fingerprint density at radius 3 is 2.55 bits per heavy atom. The van der Waals surface area contributed by atoms with Gasteiger partial charge in [0.25, 0.3) is 0 Å². The molecule has 20 heavy (non-hydrogen) atoms. The summed E-state index contributed by atoms with van der Waals surface area (Å²) >= 11 is 6.14. The summed E-state index contributed by atoms with van der Waals surface area (Å²) in [6.07, 6.45) is 1.44. The number of aryl methyl sites for hydroxylation is 1. The van der Waals surface area contributed by atoms with Crippen molar-refractivity contribution in [1.29, 1.82) is 0 Å². The lowest BCUT2D eigenvalue weighted by Gasteiger charge is -2.06. The molecule has 0 amide bonds. The lowest BCUT2D eigenvalue weighted by Crippen LogP contribution is -2.07. The molecule has 1 fully saturated rings. The van der Waals surface area contributed by atoms with E-state index in [-0.39, 0.29) is 15.2 Å². The molecule has 1 saturated carbocycles. The fourth-order valence-corrected chi connectivity index (χ4v) is 4.28. The number of aromatic nitrogens is 2. The van der Waals surface area contributed by atoms with Crippen LogP contribution in [-0.2, 0) is 16.9 Å². The van der Waals surface area contributed by atoms with E-state index in [4.69, 9.17) is 17.3 Å². The van der Waals surface area contributed by atoms with Crippen molar-refractivity contribution < 1.29 is 8.42 Å².